The lowest BCUT2D eigenvalue weighted by Gasteiger charge is -2.39. The van der Waals surface area contributed by atoms with Gasteiger partial charge in [0.15, 0.2) is 5.82 Å². The van der Waals surface area contributed by atoms with Crippen LogP contribution in [0.25, 0.3) is 0 Å². The molecule has 92 valence electrons. The van der Waals surface area contributed by atoms with Crippen molar-refractivity contribution in [2.75, 3.05) is 18.1 Å². The first-order chi connectivity index (χ1) is 8.10. The van der Waals surface area contributed by atoms with Crippen molar-refractivity contribution in [2.45, 2.75) is 31.4 Å². The van der Waals surface area contributed by atoms with Crippen molar-refractivity contribution >= 4 is 29.0 Å². The minimum Gasteiger partial charge on any atom is -0.371 e. The Morgan fingerprint density at radius 1 is 1.47 bits per heavy atom. The van der Waals surface area contributed by atoms with Gasteiger partial charge in [0.05, 0.1) is 24.4 Å². The summed E-state index contributed by atoms with van der Waals surface area (Å²) in [7, 11) is 0. The summed E-state index contributed by atoms with van der Waals surface area (Å²) in [6.07, 6.45) is 3.79. The van der Waals surface area contributed by atoms with Gasteiger partial charge in [0.25, 0.3) is 0 Å². The lowest BCUT2D eigenvalue weighted by molar-refractivity contribution is 0.00317. The molecule has 1 aliphatic carbocycles. The number of aromatic nitrogens is 2. The molecule has 0 N–H and O–H groups in total. The molecule has 1 saturated carbocycles. The molecule has 0 bridgehead atoms. The van der Waals surface area contributed by atoms with E-state index in [9.17, 15) is 0 Å². The summed E-state index contributed by atoms with van der Waals surface area (Å²) in [5.74, 6) is 0.716. The van der Waals surface area contributed by atoms with Crippen LogP contribution in [0, 0.1) is 0 Å². The number of ether oxygens (including phenoxy) is 1. The zero-order chi connectivity index (χ0) is 12.0. The Labute approximate surface area is 110 Å². The molecule has 1 aromatic rings. The van der Waals surface area contributed by atoms with E-state index in [2.05, 4.69) is 21.8 Å². The van der Waals surface area contributed by atoms with Crippen LogP contribution in [0.15, 0.2) is 6.20 Å². The average Bonchev–Trinajstić information content (AvgIpc) is 3.06. The van der Waals surface area contributed by atoms with Crippen LogP contribution in [-0.4, -0.2) is 34.8 Å². The molecule has 1 saturated heterocycles. The molecule has 2 fully saturated rings. The van der Waals surface area contributed by atoms with Gasteiger partial charge in [0, 0.05) is 6.54 Å². The van der Waals surface area contributed by atoms with Gasteiger partial charge in [-0.1, -0.05) is 11.6 Å². The molecular formula is C11H13Cl2N3O. The normalized spacial score (nSPS) is 26.3. The van der Waals surface area contributed by atoms with E-state index in [4.69, 9.17) is 27.9 Å². The van der Waals surface area contributed by atoms with Gasteiger partial charge in [-0.05, 0) is 31.4 Å². The van der Waals surface area contributed by atoms with E-state index in [-0.39, 0.29) is 16.9 Å². The molecule has 2 heterocycles. The Morgan fingerprint density at radius 3 is 2.94 bits per heavy atom. The highest BCUT2D eigenvalue weighted by atomic mass is 35.5. The third-order valence-corrected chi connectivity index (χ3v) is 3.85. The maximum atomic E-state index is 6.14. The van der Waals surface area contributed by atoms with E-state index >= 15 is 0 Å². The van der Waals surface area contributed by atoms with Gasteiger partial charge in [0.2, 0.25) is 5.28 Å². The van der Waals surface area contributed by atoms with Crippen LogP contribution in [0.5, 0.6) is 0 Å². The Balaban J connectivity index is 1.93. The summed E-state index contributed by atoms with van der Waals surface area (Å²) in [4.78, 5) is 10.3. The minimum absolute atomic E-state index is 0.0350. The number of nitrogens with zero attached hydrogens (tertiary/aromatic N) is 3. The number of halogens is 2. The Kier molecular flexibility index (Phi) is 2.69. The summed E-state index contributed by atoms with van der Waals surface area (Å²) in [6, 6.07) is 0.254. The van der Waals surface area contributed by atoms with Crippen LogP contribution < -0.4 is 4.90 Å². The van der Waals surface area contributed by atoms with Crippen LogP contribution in [0.4, 0.5) is 5.82 Å². The first-order valence-corrected chi connectivity index (χ1v) is 6.44. The fourth-order valence-corrected chi connectivity index (χ4v) is 2.49. The van der Waals surface area contributed by atoms with Gasteiger partial charge in [0.1, 0.15) is 5.02 Å². The van der Waals surface area contributed by atoms with E-state index in [1.54, 1.807) is 6.20 Å². The SMILES string of the molecule is C[C@H]1COC2(CC2)CN1c1nc(Cl)ncc1Cl. The van der Waals surface area contributed by atoms with Crippen molar-refractivity contribution in [2.24, 2.45) is 0 Å². The first-order valence-electron chi connectivity index (χ1n) is 5.68. The molecule has 0 amide bonds. The van der Waals surface area contributed by atoms with Gasteiger partial charge >= 0.3 is 0 Å². The molecule has 2 aliphatic rings. The number of anilines is 1. The van der Waals surface area contributed by atoms with E-state index in [0.717, 1.165) is 19.4 Å². The second-order valence-corrected chi connectivity index (χ2v) is 5.53. The Hall–Kier alpha value is -0.580. The van der Waals surface area contributed by atoms with E-state index < -0.39 is 0 Å². The van der Waals surface area contributed by atoms with Crippen LogP contribution >= 0.6 is 23.2 Å². The van der Waals surface area contributed by atoms with Crippen molar-refractivity contribution in [1.29, 1.82) is 0 Å². The molecule has 1 aromatic heterocycles. The predicted octanol–water partition coefficient (Wildman–Crippen LogP) is 2.54. The third-order valence-electron chi connectivity index (χ3n) is 3.40. The smallest absolute Gasteiger partial charge is 0.224 e. The molecule has 1 spiro atoms. The molecule has 0 radical (unpaired) electrons. The molecule has 1 aliphatic heterocycles. The highest BCUT2D eigenvalue weighted by molar-refractivity contribution is 6.33. The van der Waals surface area contributed by atoms with Gasteiger partial charge in [-0.25, -0.2) is 4.98 Å². The number of hydrogen-bond acceptors (Lipinski definition) is 4. The van der Waals surface area contributed by atoms with E-state index in [1.807, 2.05) is 0 Å². The molecule has 0 unspecified atom stereocenters. The predicted molar refractivity (Wildman–Crippen MR) is 66.8 cm³/mol. The zero-order valence-corrected chi connectivity index (χ0v) is 11.0. The Bertz CT molecular complexity index is 450. The van der Waals surface area contributed by atoms with Crippen molar-refractivity contribution < 1.29 is 4.74 Å². The standard InChI is InChI=1S/C11H13Cl2N3O/c1-7-5-17-11(2-3-11)6-16(7)9-8(12)4-14-10(13)15-9/h4,7H,2-3,5-6H2,1H3/t7-/m0/s1. The molecule has 6 heteroatoms. The van der Waals surface area contributed by atoms with Crippen LogP contribution in [-0.2, 0) is 4.74 Å². The molecule has 1 atom stereocenters. The molecule has 0 aromatic carbocycles. The summed E-state index contributed by atoms with van der Waals surface area (Å²) in [5.41, 5.74) is 0.0350. The van der Waals surface area contributed by atoms with Crippen LogP contribution in [0.1, 0.15) is 19.8 Å². The number of morpholine rings is 1. The first kappa shape index (κ1) is 11.5. The zero-order valence-electron chi connectivity index (χ0n) is 9.49. The second-order valence-electron chi connectivity index (χ2n) is 4.78. The largest absolute Gasteiger partial charge is 0.371 e. The third kappa shape index (κ3) is 2.09. The summed E-state index contributed by atoms with van der Waals surface area (Å²) in [5, 5.41) is 0.770. The maximum Gasteiger partial charge on any atom is 0.224 e. The van der Waals surface area contributed by atoms with Crippen molar-refractivity contribution in [3.8, 4) is 0 Å². The average molecular weight is 274 g/mol. The summed E-state index contributed by atoms with van der Waals surface area (Å²) < 4.78 is 5.85. The highest BCUT2D eigenvalue weighted by Crippen LogP contribution is 2.44. The lowest BCUT2D eigenvalue weighted by atomic mass is 10.2. The molecule has 17 heavy (non-hydrogen) atoms. The molecule has 3 rings (SSSR count). The monoisotopic (exact) mass is 273 g/mol. The van der Waals surface area contributed by atoms with Crippen molar-refractivity contribution in [3.05, 3.63) is 16.5 Å². The lowest BCUT2D eigenvalue weighted by Crippen LogP contribution is -2.50. The minimum atomic E-state index is 0.0350. The van der Waals surface area contributed by atoms with E-state index in [1.165, 1.54) is 0 Å². The number of rotatable bonds is 1. The topological polar surface area (TPSA) is 38.2 Å². The quantitative estimate of drug-likeness (QED) is 0.738. The van der Waals surface area contributed by atoms with Gasteiger partial charge in [-0.2, -0.15) is 4.98 Å². The maximum absolute atomic E-state index is 6.14. The van der Waals surface area contributed by atoms with Gasteiger partial charge < -0.3 is 9.64 Å². The summed E-state index contributed by atoms with van der Waals surface area (Å²) >= 11 is 12.0. The van der Waals surface area contributed by atoms with Gasteiger partial charge in [-0.15, -0.1) is 0 Å². The highest BCUT2D eigenvalue weighted by Gasteiger charge is 2.49. The molecular weight excluding hydrogens is 261 g/mol. The molecule has 4 nitrogen and oxygen atoms in total. The van der Waals surface area contributed by atoms with Crippen LogP contribution in [0.3, 0.4) is 0 Å². The van der Waals surface area contributed by atoms with E-state index in [0.29, 0.717) is 17.4 Å². The number of hydrogen-bond donors (Lipinski definition) is 0. The van der Waals surface area contributed by atoms with Crippen molar-refractivity contribution in [1.82, 2.24) is 9.97 Å². The van der Waals surface area contributed by atoms with Crippen LogP contribution in [0.2, 0.25) is 10.3 Å². The summed E-state index contributed by atoms with van der Waals surface area (Å²) in [6.45, 7) is 3.64. The Morgan fingerprint density at radius 2 is 2.24 bits per heavy atom. The fraction of sp³-hybridized carbons (Fsp3) is 0.636. The second kappa shape index (κ2) is 3.97. The van der Waals surface area contributed by atoms with Gasteiger partial charge in [-0.3, -0.25) is 0 Å². The van der Waals surface area contributed by atoms with Crippen molar-refractivity contribution in [3.63, 3.8) is 0 Å². The fourth-order valence-electron chi connectivity index (χ4n) is 2.16.